The van der Waals surface area contributed by atoms with E-state index in [4.69, 9.17) is 0 Å². The number of Topliss-reactive ketones (excluding diaryl/α,β-unsaturated/α-hetero) is 2. The molecule has 0 aromatic heterocycles. The normalized spacial score (nSPS) is 10.1. The van der Waals surface area contributed by atoms with Crippen LogP contribution in [0.3, 0.4) is 0 Å². The predicted molar refractivity (Wildman–Crippen MR) is 58.3 cm³/mol. The summed E-state index contributed by atoms with van der Waals surface area (Å²) in [7, 11) is 0. The Morgan fingerprint density at radius 2 is 1.07 bits per heavy atom. The van der Waals surface area contributed by atoms with Crippen molar-refractivity contribution in [1.82, 2.24) is 0 Å². The lowest BCUT2D eigenvalue weighted by atomic mass is 10.1. The largest absolute Gasteiger partial charge is 0.300 e. The molecule has 0 amide bonds. The SMILES string of the molecule is CCC(=O)CCCCCCC(=O)CC. The summed E-state index contributed by atoms with van der Waals surface area (Å²) in [5, 5.41) is 0. The van der Waals surface area contributed by atoms with Gasteiger partial charge in [0.2, 0.25) is 0 Å². The third-order valence-corrected chi connectivity index (χ3v) is 2.45. The topological polar surface area (TPSA) is 34.1 Å². The Balaban J connectivity index is 3.14. The van der Waals surface area contributed by atoms with Crippen molar-refractivity contribution in [1.29, 1.82) is 0 Å². The number of ketones is 2. The molecule has 0 aliphatic rings. The molecular weight excluding hydrogens is 176 g/mol. The lowest BCUT2D eigenvalue weighted by Gasteiger charge is -1.99. The number of hydrogen-bond acceptors (Lipinski definition) is 2. The monoisotopic (exact) mass is 198 g/mol. The summed E-state index contributed by atoms with van der Waals surface area (Å²) >= 11 is 0. The third-order valence-electron chi connectivity index (χ3n) is 2.45. The van der Waals surface area contributed by atoms with Gasteiger partial charge in [0.05, 0.1) is 0 Å². The average Bonchev–Trinajstić information content (AvgIpc) is 2.22. The molecule has 2 nitrogen and oxygen atoms in total. The van der Waals surface area contributed by atoms with Gasteiger partial charge < -0.3 is 0 Å². The van der Waals surface area contributed by atoms with E-state index in [-0.39, 0.29) is 0 Å². The van der Waals surface area contributed by atoms with Gasteiger partial charge in [-0.3, -0.25) is 9.59 Å². The smallest absolute Gasteiger partial charge is 0.132 e. The van der Waals surface area contributed by atoms with Crippen molar-refractivity contribution in [2.45, 2.75) is 65.2 Å². The highest BCUT2D eigenvalue weighted by molar-refractivity contribution is 5.78. The van der Waals surface area contributed by atoms with E-state index < -0.39 is 0 Å². The molecule has 0 aromatic rings. The summed E-state index contributed by atoms with van der Waals surface area (Å²) in [4.78, 5) is 21.9. The van der Waals surface area contributed by atoms with Gasteiger partial charge in [-0.05, 0) is 12.8 Å². The third kappa shape index (κ3) is 7.96. The van der Waals surface area contributed by atoms with Gasteiger partial charge in [0.25, 0.3) is 0 Å². The van der Waals surface area contributed by atoms with Gasteiger partial charge in [-0.2, -0.15) is 0 Å². The molecule has 0 aromatic carbocycles. The number of rotatable bonds is 9. The Morgan fingerprint density at radius 1 is 0.714 bits per heavy atom. The molecule has 0 heterocycles. The van der Waals surface area contributed by atoms with Crippen molar-refractivity contribution in [2.24, 2.45) is 0 Å². The summed E-state index contributed by atoms with van der Waals surface area (Å²) in [5.41, 5.74) is 0. The number of unbranched alkanes of at least 4 members (excludes halogenated alkanes) is 3. The van der Waals surface area contributed by atoms with Crippen LogP contribution in [0.5, 0.6) is 0 Å². The molecular formula is C12H22O2. The maximum absolute atomic E-state index is 10.9. The Morgan fingerprint density at radius 3 is 1.36 bits per heavy atom. The molecule has 0 unspecified atom stereocenters. The van der Waals surface area contributed by atoms with Crippen molar-refractivity contribution in [2.75, 3.05) is 0 Å². The molecule has 0 radical (unpaired) electrons. The van der Waals surface area contributed by atoms with E-state index >= 15 is 0 Å². The van der Waals surface area contributed by atoms with Crippen molar-refractivity contribution < 1.29 is 9.59 Å². The van der Waals surface area contributed by atoms with Crippen molar-refractivity contribution in [3.05, 3.63) is 0 Å². The minimum absolute atomic E-state index is 0.356. The molecule has 0 fully saturated rings. The minimum Gasteiger partial charge on any atom is -0.300 e. The quantitative estimate of drug-likeness (QED) is 0.533. The first-order chi connectivity index (χ1) is 6.70. The van der Waals surface area contributed by atoms with Gasteiger partial charge in [-0.1, -0.05) is 26.7 Å². The van der Waals surface area contributed by atoms with E-state index in [2.05, 4.69) is 0 Å². The Hall–Kier alpha value is -0.660. The van der Waals surface area contributed by atoms with Crippen LogP contribution < -0.4 is 0 Å². The van der Waals surface area contributed by atoms with Crippen LogP contribution in [-0.2, 0) is 9.59 Å². The summed E-state index contributed by atoms with van der Waals surface area (Å²) in [6, 6.07) is 0. The molecule has 14 heavy (non-hydrogen) atoms. The Labute approximate surface area is 87.1 Å². The lowest BCUT2D eigenvalue weighted by Crippen LogP contribution is -1.96. The van der Waals surface area contributed by atoms with Crippen LogP contribution in [-0.4, -0.2) is 11.6 Å². The van der Waals surface area contributed by atoms with Crippen molar-refractivity contribution >= 4 is 11.6 Å². The van der Waals surface area contributed by atoms with E-state index in [1.807, 2.05) is 13.8 Å². The molecule has 0 saturated carbocycles. The van der Waals surface area contributed by atoms with Crippen LogP contribution in [0.15, 0.2) is 0 Å². The first kappa shape index (κ1) is 13.3. The van der Waals surface area contributed by atoms with E-state index in [0.29, 0.717) is 24.4 Å². The second-order valence-corrected chi connectivity index (χ2v) is 3.70. The zero-order valence-corrected chi connectivity index (χ0v) is 9.47. The zero-order valence-electron chi connectivity index (χ0n) is 9.47. The van der Waals surface area contributed by atoms with E-state index in [0.717, 1.165) is 38.5 Å². The summed E-state index contributed by atoms with van der Waals surface area (Å²) in [6.45, 7) is 3.81. The second kappa shape index (κ2) is 8.92. The number of carbonyl (C=O) groups is 2. The van der Waals surface area contributed by atoms with Gasteiger partial charge in [-0.25, -0.2) is 0 Å². The standard InChI is InChI=1S/C12H22O2/c1-3-11(13)9-7-5-6-8-10-12(14)4-2/h3-10H2,1-2H3. The van der Waals surface area contributed by atoms with Crippen LogP contribution >= 0.6 is 0 Å². The molecule has 0 bridgehead atoms. The fourth-order valence-corrected chi connectivity index (χ4v) is 1.35. The minimum atomic E-state index is 0.356. The number of carbonyl (C=O) groups excluding carboxylic acids is 2. The predicted octanol–water partition coefficient (Wildman–Crippen LogP) is 3.29. The lowest BCUT2D eigenvalue weighted by molar-refractivity contribution is -0.119. The molecule has 2 heteroatoms. The second-order valence-electron chi connectivity index (χ2n) is 3.70. The van der Waals surface area contributed by atoms with Crippen molar-refractivity contribution in [3.8, 4) is 0 Å². The molecule has 0 N–H and O–H groups in total. The van der Waals surface area contributed by atoms with Gasteiger partial charge in [0.15, 0.2) is 0 Å². The molecule has 0 rings (SSSR count). The Kier molecular flexibility index (Phi) is 8.50. The zero-order chi connectivity index (χ0) is 10.8. The number of hydrogen-bond donors (Lipinski definition) is 0. The molecule has 0 saturated heterocycles. The summed E-state index contributed by atoms with van der Waals surface area (Å²) < 4.78 is 0. The van der Waals surface area contributed by atoms with Crippen LogP contribution in [0.4, 0.5) is 0 Å². The van der Waals surface area contributed by atoms with E-state index in [9.17, 15) is 9.59 Å². The highest BCUT2D eigenvalue weighted by Crippen LogP contribution is 2.07. The fourth-order valence-electron chi connectivity index (χ4n) is 1.35. The van der Waals surface area contributed by atoms with Crippen molar-refractivity contribution in [3.63, 3.8) is 0 Å². The summed E-state index contributed by atoms with van der Waals surface area (Å²) in [5.74, 6) is 0.712. The summed E-state index contributed by atoms with van der Waals surface area (Å²) in [6.07, 6.45) is 6.92. The van der Waals surface area contributed by atoms with Crippen LogP contribution in [0, 0.1) is 0 Å². The highest BCUT2D eigenvalue weighted by atomic mass is 16.1. The van der Waals surface area contributed by atoms with Crippen LogP contribution in [0.1, 0.15) is 65.2 Å². The first-order valence-corrected chi connectivity index (χ1v) is 5.74. The van der Waals surface area contributed by atoms with E-state index in [1.165, 1.54) is 0 Å². The van der Waals surface area contributed by atoms with Crippen LogP contribution in [0.2, 0.25) is 0 Å². The Bertz CT molecular complexity index is 153. The maximum Gasteiger partial charge on any atom is 0.132 e. The molecule has 0 spiro atoms. The van der Waals surface area contributed by atoms with Gasteiger partial charge >= 0.3 is 0 Å². The molecule has 82 valence electrons. The fraction of sp³-hybridized carbons (Fsp3) is 0.833. The average molecular weight is 198 g/mol. The molecule has 0 aliphatic heterocycles. The molecule has 0 atom stereocenters. The van der Waals surface area contributed by atoms with Gasteiger partial charge in [0, 0.05) is 25.7 Å². The van der Waals surface area contributed by atoms with Gasteiger partial charge in [0.1, 0.15) is 11.6 Å². The van der Waals surface area contributed by atoms with E-state index in [1.54, 1.807) is 0 Å². The first-order valence-electron chi connectivity index (χ1n) is 5.74. The van der Waals surface area contributed by atoms with Gasteiger partial charge in [-0.15, -0.1) is 0 Å². The maximum atomic E-state index is 10.9. The molecule has 0 aliphatic carbocycles. The highest BCUT2D eigenvalue weighted by Gasteiger charge is 1.99. The van der Waals surface area contributed by atoms with Crippen LogP contribution in [0.25, 0.3) is 0 Å².